The van der Waals surface area contributed by atoms with Crippen LogP contribution in [0.5, 0.6) is 0 Å². The van der Waals surface area contributed by atoms with Crippen LogP contribution in [0, 0.1) is 5.92 Å². The van der Waals surface area contributed by atoms with Gasteiger partial charge in [-0.1, -0.05) is 65.2 Å². The molecule has 1 amide bonds. The number of H-pyrrole nitrogens is 1. The number of rotatable bonds is 29. The van der Waals surface area contributed by atoms with Gasteiger partial charge in [0.2, 0.25) is 12.2 Å². The molecule has 4 aliphatic heterocycles. The number of aromatic amines is 1. The summed E-state index contributed by atoms with van der Waals surface area (Å²) < 4.78 is 58.7. The Morgan fingerprint density at radius 3 is 1.97 bits per heavy atom. The number of nitrogens with one attached hydrogen (secondary N) is 1. The molecular weight excluding hydrogens is 1030 g/mol. The van der Waals surface area contributed by atoms with Gasteiger partial charge in [0.15, 0.2) is 18.6 Å². The van der Waals surface area contributed by atoms with Crippen LogP contribution >= 0.6 is 0 Å². The lowest BCUT2D eigenvalue weighted by Gasteiger charge is -2.43. The molecule has 1 aromatic heterocycles. The van der Waals surface area contributed by atoms with Crippen molar-refractivity contribution >= 4 is 29.8 Å². The van der Waals surface area contributed by atoms with E-state index in [1.165, 1.54) is 39.7 Å². The number of esters is 3. The predicted molar refractivity (Wildman–Crippen MR) is 270 cm³/mol. The quantitative estimate of drug-likeness (QED) is 0.0289. The summed E-state index contributed by atoms with van der Waals surface area (Å²) in [7, 11) is 6.87. The van der Waals surface area contributed by atoms with Crippen LogP contribution in [0.3, 0.4) is 0 Å². The summed E-state index contributed by atoms with van der Waals surface area (Å²) in [5.74, 6) is -5.57. The lowest BCUT2D eigenvalue weighted by atomic mass is 9.97. The van der Waals surface area contributed by atoms with Crippen molar-refractivity contribution in [2.45, 2.75) is 214 Å². The fraction of sp³-hybridized carbons (Fsp3) is 0.824. The number of nitrogens with zero attached hydrogens (tertiary/aromatic N) is 3. The number of ether oxygens (including phenoxy) is 10. The van der Waals surface area contributed by atoms with Crippen molar-refractivity contribution < 1.29 is 96.9 Å². The molecule has 0 aromatic carbocycles. The molecule has 8 N–H and O–H groups in total. The van der Waals surface area contributed by atoms with Gasteiger partial charge in [0, 0.05) is 66.6 Å². The van der Waals surface area contributed by atoms with E-state index >= 15 is 0 Å². The lowest BCUT2D eigenvalue weighted by Crippen LogP contribution is -2.59. The van der Waals surface area contributed by atoms with Crippen molar-refractivity contribution in [1.29, 1.82) is 0 Å². The topological polar surface area (TPSA) is 366 Å². The summed E-state index contributed by atoms with van der Waals surface area (Å²) in [5, 5.41) is 55.1. The number of carbonyl (C=O) groups excluding carboxylic acids is 4. The van der Waals surface area contributed by atoms with Crippen LogP contribution in [0.15, 0.2) is 21.9 Å². The Balaban J connectivity index is 1.33. The summed E-state index contributed by atoms with van der Waals surface area (Å²) in [6.45, 7) is 4.74. The molecule has 444 valence electrons. The van der Waals surface area contributed by atoms with E-state index in [1.54, 1.807) is 13.8 Å². The first kappa shape index (κ1) is 64.3. The molecule has 0 spiro atoms. The number of aliphatic carboxylic acids is 1. The summed E-state index contributed by atoms with van der Waals surface area (Å²) in [5.41, 5.74) is 3.94. The van der Waals surface area contributed by atoms with E-state index in [-0.39, 0.29) is 25.8 Å². The Morgan fingerprint density at radius 1 is 0.769 bits per heavy atom. The summed E-state index contributed by atoms with van der Waals surface area (Å²) in [4.78, 5) is 97.4. The minimum atomic E-state index is -1.97. The van der Waals surface area contributed by atoms with E-state index in [4.69, 9.17) is 53.1 Å². The number of carboxylic acids is 1. The Bertz CT molecular complexity index is 2220. The molecule has 4 aliphatic rings. The Kier molecular flexibility index (Phi) is 25.0. The number of amides is 1. The first-order valence-electron chi connectivity index (χ1n) is 26.8. The maximum atomic E-state index is 14.7. The number of likely N-dealkylation sites (N-methyl/N-ethyl adjacent to an activating group) is 2. The Labute approximate surface area is 452 Å². The normalized spacial score (nSPS) is 32.8. The van der Waals surface area contributed by atoms with Crippen molar-refractivity contribution in [3.63, 3.8) is 0 Å². The number of nitrogens with two attached hydrogens (primary N) is 1. The second-order valence-electron chi connectivity index (χ2n) is 20.7. The van der Waals surface area contributed by atoms with Gasteiger partial charge in [0.05, 0.1) is 12.5 Å². The maximum Gasteiger partial charge on any atom is 0.330 e. The van der Waals surface area contributed by atoms with Crippen LogP contribution in [0.4, 0.5) is 0 Å². The smallest absolute Gasteiger partial charge is 0.330 e. The third-order valence-electron chi connectivity index (χ3n) is 14.9. The monoisotopic (exact) mass is 1120 g/mol. The molecule has 5 heterocycles. The second-order valence-corrected chi connectivity index (χ2v) is 20.7. The molecule has 27 heteroatoms. The van der Waals surface area contributed by atoms with E-state index in [0.717, 1.165) is 73.7 Å². The van der Waals surface area contributed by atoms with Crippen LogP contribution < -0.4 is 17.0 Å². The SMILES string of the molecule is CCCCCCCCCCC[C@@H](CC(=O)O[C@H]1CN(C)[C@@H](C(O[C@@H]2O[C@H](CN)[C@@H](O)[C@H]2O)[C@H]2O[C@@H](n3ccc(=O)[nH]c3=O)[C@H](O)[C@@H]2O)C(=O)N(C)[C@@H]1C(=O)O)OC(=O)C[C@H](C)CC(=O)O[C@@H]1O[C@@H](C)[C@H](OC)[C@@H](OC)[C@H]1OC. The van der Waals surface area contributed by atoms with Gasteiger partial charge >= 0.3 is 29.6 Å². The fourth-order valence-electron chi connectivity index (χ4n) is 10.7. The van der Waals surface area contributed by atoms with Crippen LogP contribution in [0.2, 0.25) is 0 Å². The van der Waals surface area contributed by atoms with Crippen molar-refractivity contribution in [3.05, 3.63) is 33.1 Å². The average molecular weight is 1120 g/mol. The Hall–Kier alpha value is -4.49. The van der Waals surface area contributed by atoms with Crippen LogP contribution in [0.1, 0.15) is 110 Å². The molecule has 4 fully saturated rings. The summed E-state index contributed by atoms with van der Waals surface area (Å²) in [6, 6.07) is -2.60. The lowest BCUT2D eigenvalue weighted by molar-refractivity contribution is -0.297. The van der Waals surface area contributed by atoms with Gasteiger partial charge in [0.25, 0.3) is 5.56 Å². The second kappa shape index (κ2) is 30.4. The number of aromatic nitrogens is 2. The van der Waals surface area contributed by atoms with Crippen molar-refractivity contribution in [2.75, 3.05) is 48.5 Å². The zero-order valence-electron chi connectivity index (χ0n) is 45.8. The number of hydrogen-bond donors (Lipinski definition) is 7. The van der Waals surface area contributed by atoms with Crippen LogP contribution in [-0.4, -0.2) is 227 Å². The molecule has 0 aliphatic carbocycles. The molecule has 4 saturated heterocycles. The highest BCUT2D eigenvalue weighted by Gasteiger charge is 2.57. The zero-order valence-corrected chi connectivity index (χ0v) is 45.8. The van der Waals surface area contributed by atoms with E-state index in [1.807, 2.05) is 4.98 Å². The van der Waals surface area contributed by atoms with Crippen molar-refractivity contribution in [2.24, 2.45) is 11.7 Å². The molecule has 78 heavy (non-hydrogen) atoms. The highest BCUT2D eigenvalue weighted by Crippen LogP contribution is 2.37. The number of methoxy groups -OCH3 is 3. The molecule has 1 aromatic rings. The van der Waals surface area contributed by atoms with Crippen LogP contribution in [0.25, 0.3) is 0 Å². The molecule has 19 atom stereocenters. The zero-order chi connectivity index (χ0) is 57.5. The van der Waals surface area contributed by atoms with Crippen LogP contribution in [-0.2, 0) is 71.3 Å². The third-order valence-corrected chi connectivity index (χ3v) is 14.9. The first-order chi connectivity index (χ1) is 37.1. The predicted octanol–water partition coefficient (Wildman–Crippen LogP) is -0.944. The Morgan fingerprint density at radius 2 is 1.38 bits per heavy atom. The highest BCUT2D eigenvalue weighted by molar-refractivity contribution is 5.88. The van der Waals surface area contributed by atoms with Gasteiger partial charge in [-0.05, 0) is 32.7 Å². The van der Waals surface area contributed by atoms with Gasteiger partial charge in [-0.25, -0.2) is 9.59 Å². The van der Waals surface area contributed by atoms with Gasteiger partial charge in [-0.3, -0.25) is 38.4 Å². The van der Waals surface area contributed by atoms with Crippen molar-refractivity contribution in [1.82, 2.24) is 19.4 Å². The van der Waals surface area contributed by atoms with E-state index < -0.39 is 170 Å². The van der Waals surface area contributed by atoms with Gasteiger partial charge in [-0.2, -0.15) is 0 Å². The average Bonchev–Trinajstić information content (AvgIpc) is 3.79. The third kappa shape index (κ3) is 16.3. The first-order valence-corrected chi connectivity index (χ1v) is 26.8. The van der Waals surface area contributed by atoms with E-state index in [9.17, 15) is 59.1 Å². The van der Waals surface area contributed by atoms with Gasteiger partial charge in [0.1, 0.15) is 79.3 Å². The molecular formula is C51H83N5O22. The number of carbonyl (C=O) groups is 5. The number of aliphatic hydroxyl groups excluding tert-OH is 4. The summed E-state index contributed by atoms with van der Waals surface area (Å²) >= 11 is 0. The maximum absolute atomic E-state index is 14.7. The number of unbranched alkanes of at least 4 members (excludes halogenated alkanes) is 8. The van der Waals surface area contributed by atoms with Crippen molar-refractivity contribution in [3.8, 4) is 0 Å². The minimum Gasteiger partial charge on any atom is -0.480 e. The number of hydrogen-bond acceptors (Lipinski definition) is 23. The highest BCUT2D eigenvalue weighted by atomic mass is 16.7. The van der Waals surface area contributed by atoms with E-state index in [2.05, 4.69) is 6.92 Å². The molecule has 0 saturated carbocycles. The molecule has 27 nitrogen and oxygen atoms in total. The number of aliphatic hydroxyl groups is 4. The van der Waals surface area contributed by atoms with Gasteiger partial charge in [-0.15, -0.1) is 0 Å². The number of carboxylic acid groups (broad SMARTS) is 1. The molecule has 5 rings (SSSR count). The summed E-state index contributed by atoms with van der Waals surface area (Å²) in [6.07, 6.45) is -12.6. The minimum absolute atomic E-state index is 0.215. The largest absolute Gasteiger partial charge is 0.480 e. The standard InChI is InChI=1S/C51H83N5O22/c1-9-10-11-12-13-14-15-16-17-18-28(73-32(58)21-26(2)22-33(59)76-50-45(71-8)44(70-7)41(69-6)27(3)72-50)23-34(60)74-30-25-54(4)36(46(65)55(5)35(30)48(66)67)42(78-49-40(64)37(61)29(24-52)75-49)43-38(62)39(63)47(77-43)56-20-19-31(57)53-51(56)68/h19-20,26-30,35-45,47,49-50,61-64H,9-18,21-25,52H2,1-8H3,(H,66,67)(H,53,57,68)/t26-,27-,28-,29+,30-,35-,36-,37+,38-,39+,40+,41-,42?,43-,44+,45+,47+,49-,50-/m0/s1. The van der Waals surface area contributed by atoms with Gasteiger partial charge < -0.3 is 83.5 Å². The fourth-order valence-corrected chi connectivity index (χ4v) is 10.7. The molecule has 0 radical (unpaired) electrons. The van der Waals surface area contributed by atoms with E-state index in [0.29, 0.717) is 6.42 Å². The molecule has 1 unspecified atom stereocenters. The molecule has 0 bridgehead atoms.